The molecule has 0 unspecified atom stereocenters. The molecule has 5 heteroatoms. The average Bonchev–Trinajstić information content (AvgIpc) is 2.51. The topological polar surface area (TPSA) is 44.8 Å². The monoisotopic (exact) mass is 338 g/mol. The minimum atomic E-state index is -3.39. The molecule has 0 fully saturated rings. The molecule has 23 heavy (non-hydrogen) atoms. The second-order valence-corrected chi connectivity index (χ2v) is 7.16. The molecule has 0 spiro atoms. The van der Waals surface area contributed by atoms with Gasteiger partial charge in [0.25, 0.3) is 0 Å². The Bertz CT molecular complexity index is 539. The van der Waals surface area contributed by atoms with Gasteiger partial charge >= 0.3 is 7.60 Å². The normalized spacial score (nSPS) is 13.0. The van der Waals surface area contributed by atoms with Crippen molar-refractivity contribution in [1.82, 2.24) is 0 Å². The second-order valence-electron chi connectivity index (χ2n) is 5.21. The van der Waals surface area contributed by atoms with Gasteiger partial charge in [0.15, 0.2) is 0 Å². The van der Waals surface area contributed by atoms with Crippen LogP contribution in [0.4, 0.5) is 0 Å². The molecule has 0 N–H and O–H groups in total. The van der Waals surface area contributed by atoms with E-state index in [-0.39, 0.29) is 11.4 Å². The van der Waals surface area contributed by atoms with Gasteiger partial charge in [-0.3, -0.25) is 4.57 Å². The van der Waals surface area contributed by atoms with Crippen molar-refractivity contribution in [2.75, 3.05) is 19.8 Å². The third kappa shape index (κ3) is 7.17. The van der Waals surface area contributed by atoms with Crippen LogP contribution < -0.4 is 0 Å². The van der Waals surface area contributed by atoms with E-state index in [1.807, 2.05) is 56.3 Å². The van der Waals surface area contributed by atoms with Gasteiger partial charge in [0.1, 0.15) is 6.61 Å². The average molecular weight is 338 g/mol. The standard InChI is InChI=1S/C18H27O4P/c1-5-21-23(19,22-6-2)18(15-16(3)4)20-14-10-13-17-11-8-7-9-12-17/h7-13,15-16H,5-6,14H2,1-4H3/b13-10+,18-15+. The van der Waals surface area contributed by atoms with Gasteiger partial charge in [-0.25, -0.2) is 0 Å². The summed E-state index contributed by atoms with van der Waals surface area (Å²) in [6.45, 7) is 8.46. The molecule has 0 bridgehead atoms. The van der Waals surface area contributed by atoms with Crippen molar-refractivity contribution in [1.29, 1.82) is 0 Å². The van der Waals surface area contributed by atoms with Gasteiger partial charge in [-0.2, -0.15) is 0 Å². The predicted molar refractivity (Wildman–Crippen MR) is 95.2 cm³/mol. The van der Waals surface area contributed by atoms with Crippen LogP contribution in [0.2, 0.25) is 0 Å². The van der Waals surface area contributed by atoms with Crippen LogP contribution >= 0.6 is 7.60 Å². The maximum atomic E-state index is 12.9. The Balaban J connectivity index is 2.79. The summed E-state index contributed by atoms with van der Waals surface area (Å²) in [5, 5.41) is 0. The first kappa shape index (κ1) is 19.7. The maximum Gasteiger partial charge on any atom is 0.395 e. The third-order valence-electron chi connectivity index (χ3n) is 2.78. The number of allylic oxidation sites excluding steroid dienone is 1. The molecule has 0 saturated heterocycles. The van der Waals surface area contributed by atoms with Gasteiger partial charge in [-0.1, -0.05) is 50.3 Å². The first-order valence-electron chi connectivity index (χ1n) is 7.97. The van der Waals surface area contributed by atoms with Gasteiger partial charge in [0, 0.05) is 0 Å². The third-order valence-corrected chi connectivity index (χ3v) is 4.80. The lowest BCUT2D eigenvalue weighted by atomic mass is 10.2. The Morgan fingerprint density at radius 3 is 2.26 bits per heavy atom. The summed E-state index contributed by atoms with van der Waals surface area (Å²) in [4.78, 5) is 0. The van der Waals surface area contributed by atoms with E-state index in [0.29, 0.717) is 19.8 Å². The molecule has 0 aliphatic rings. The Morgan fingerprint density at radius 2 is 1.74 bits per heavy atom. The fourth-order valence-corrected chi connectivity index (χ4v) is 3.61. The summed E-state index contributed by atoms with van der Waals surface area (Å²) in [6, 6.07) is 9.93. The van der Waals surface area contributed by atoms with E-state index in [1.54, 1.807) is 19.9 Å². The lowest BCUT2D eigenvalue weighted by Crippen LogP contribution is -2.04. The maximum absolute atomic E-state index is 12.9. The molecule has 0 radical (unpaired) electrons. The zero-order chi connectivity index (χ0) is 17.1. The quantitative estimate of drug-likeness (QED) is 0.418. The fourth-order valence-electron chi connectivity index (χ4n) is 1.89. The van der Waals surface area contributed by atoms with E-state index in [1.165, 1.54) is 0 Å². The van der Waals surface area contributed by atoms with E-state index < -0.39 is 7.60 Å². The number of hydrogen-bond acceptors (Lipinski definition) is 4. The van der Waals surface area contributed by atoms with Crippen molar-refractivity contribution in [3.05, 3.63) is 53.5 Å². The van der Waals surface area contributed by atoms with E-state index in [2.05, 4.69) is 0 Å². The molecule has 1 aromatic rings. The van der Waals surface area contributed by atoms with Gasteiger partial charge in [0.05, 0.1) is 13.2 Å². The van der Waals surface area contributed by atoms with Crippen LogP contribution in [0.15, 0.2) is 48.0 Å². The lowest BCUT2D eigenvalue weighted by Gasteiger charge is -2.20. The highest BCUT2D eigenvalue weighted by Crippen LogP contribution is 2.56. The summed E-state index contributed by atoms with van der Waals surface area (Å²) in [7, 11) is -3.39. The highest BCUT2D eigenvalue weighted by molar-refractivity contribution is 7.58. The Labute approximate surface area is 139 Å². The van der Waals surface area contributed by atoms with Gasteiger partial charge < -0.3 is 13.8 Å². The van der Waals surface area contributed by atoms with Crippen molar-refractivity contribution in [2.45, 2.75) is 27.7 Å². The number of ether oxygens (including phenoxy) is 1. The van der Waals surface area contributed by atoms with Crippen LogP contribution in [0.25, 0.3) is 6.08 Å². The van der Waals surface area contributed by atoms with E-state index in [9.17, 15) is 4.57 Å². The summed E-state index contributed by atoms with van der Waals surface area (Å²) in [5.74, 6) is 0.178. The van der Waals surface area contributed by atoms with Crippen molar-refractivity contribution in [3.8, 4) is 0 Å². The van der Waals surface area contributed by atoms with Crippen LogP contribution in [0.5, 0.6) is 0 Å². The van der Waals surface area contributed by atoms with Gasteiger partial charge in [-0.05, 0) is 37.5 Å². The number of benzene rings is 1. The Hall–Kier alpha value is -1.35. The summed E-state index contributed by atoms with van der Waals surface area (Å²) in [5.41, 5.74) is 1.37. The first-order chi connectivity index (χ1) is 11.0. The molecule has 0 atom stereocenters. The van der Waals surface area contributed by atoms with Crippen LogP contribution in [-0.2, 0) is 18.3 Å². The van der Waals surface area contributed by atoms with Crippen molar-refractivity contribution in [3.63, 3.8) is 0 Å². The molecule has 128 valence electrons. The van der Waals surface area contributed by atoms with Gasteiger partial charge in [0.2, 0.25) is 5.50 Å². The molecule has 1 aromatic carbocycles. The molecular weight excluding hydrogens is 311 g/mol. The van der Waals surface area contributed by atoms with Crippen LogP contribution in [-0.4, -0.2) is 19.8 Å². The zero-order valence-electron chi connectivity index (χ0n) is 14.4. The second kappa shape index (κ2) is 10.4. The molecule has 0 saturated carbocycles. The zero-order valence-corrected chi connectivity index (χ0v) is 15.3. The number of rotatable bonds is 10. The van der Waals surface area contributed by atoms with Crippen molar-refractivity contribution >= 4 is 13.7 Å². The molecule has 0 aliphatic heterocycles. The SMILES string of the molecule is CCOP(=O)(OCC)/C(=C/C(C)C)OC/C=C/c1ccccc1. The van der Waals surface area contributed by atoms with Crippen molar-refractivity contribution in [2.24, 2.45) is 5.92 Å². The first-order valence-corrected chi connectivity index (χ1v) is 9.52. The summed E-state index contributed by atoms with van der Waals surface area (Å²) < 4.78 is 29.3. The summed E-state index contributed by atoms with van der Waals surface area (Å²) in [6.07, 6.45) is 5.63. The molecule has 4 nitrogen and oxygen atoms in total. The smallest absolute Gasteiger partial charge is 0.395 e. The van der Waals surface area contributed by atoms with Crippen molar-refractivity contribution < 1.29 is 18.3 Å². The highest BCUT2D eigenvalue weighted by atomic mass is 31.2. The predicted octanol–water partition coefficient (Wildman–Crippen LogP) is 5.48. The van der Waals surface area contributed by atoms with E-state index >= 15 is 0 Å². The number of hydrogen-bond donors (Lipinski definition) is 0. The van der Waals surface area contributed by atoms with Crippen LogP contribution in [0, 0.1) is 5.92 Å². The lowest BCUT2D eigenvalue weighted by molar-refractivity contribution is 0.188. The summed E-state index contributed by atoms with van der Waals surface area (Å²) >= 11 is 0. The fraction of sp³-hybridized carbons (Fsp3) is 0.444. The Morgan fingerprint density at radius 1 is 1.13 bits per heavy atom. The Kier molecular flexibility index (Phi) is 8.93. The molecule has 1 rings (SSSR count). The molecular formula is C18H27O4P. The minimum absolute atomic E-state index is 0.178. The molecule has 0 heterocycles. The van der Waals surface area contributed by atoms with E-state index in [0.717, 1.165) is 5.56 Å². The molecule has 0 aromatic heterocycles. The minimum Gasteiger partial charge on any atom is -0.482 e. The van der Waals surface area contributed by atoms with E-state index in [4.69, 9.17) is 13.8 Å². The van der Waals surface area contributed by atoms with Crippen LogP contribution in [0.1, 0.15) is 33.3 Å². The molecule has 0 aliphatic carbocycles. The largest absolute Gasteiger partial charge is 0.482 e. The van der Waals surface area contributed by atoms with Crippen LogP contribution in [0.3, 0.4) is 0 Å². The van der Waals surface area contributed by atoms with Gasteiger partial charge in [-0.15, -0.1) is 0 Å². The molecule has 0 amide bonds. The highest BCUT2D eigenvalue weighted by Gasteiger charge is 2.31.